The zero-order chi connectivity index (χ0) is 15.1. The van der Waals surface area contributed by atoms with Crippen molar-refractivity contribution in [1.82, 2.24) is 0 Å². The first-order valence-electron chi connectivity index (χ1n) is 6.83. The predicted octanol–water partition coefficient (Wildman–Crippen LogP) is 3.49. The molecule has 1 N–H and O–H groups in total. The molecule has 21 heavy (non-hydrogen) atoms. The van der Waals surface area contributed by atoms with Crippen LogP contribution in [0.1, 0.15) is 40.7 Å². The lowest BCUT2D eigenvalue weighted by Crippen LogP contribution is -2.15. The van der Waals surface area contributed by atoms with Crippen molar-refractivity contribution in [2.24, 2.45) is 0 Å². The number of amides is 1. The van der Waals surface area contributed by atoms with E-state index >= 15 is 0 Å². The minimum Gasteiger partial charge on any atom is -0.462 e. The third-order valence-electron chi connectivity index (χ3n) is 2.87. The molecule has 5 nitrogen and oxygen atoms in total. The minimum atomic E-state index is -0.446. The Morgan fingerprint density at radius 1 is 1.19 bits per heavy atom. The summed E-state index contributed by atoms with van der Waals surface area (Å²) in [5, 5.41) is 2.65. The fraction of sp³-hybridized carbons (Fsp3) is 0.250. The zero-order valence-corrected chi connectivity index (χ0v) is 11.8. The highest BCUT2D eigenvalue weighted by molar-refractivity contribution is 6.06. The van der Waals surface area contributed by atoms with Gasteiger partial charge >= 0.3 is 5.97 Å². The molecule has 1 amide bonds. The maximum absolute atomic E-state index is 12.0. The number of nitrogens with one attached hydrogen (secondary N) is 1. The quantitative estimate of drug-likeness (QED) is 0.652. The van der Waals surface area contributed by atoms with Gasteiger partial charge in [0, 0.05) is 0 Å². The van der Waals surface area contributed by atoms with E-state index in [1.54, 1.807) is 36.4 Å². The van der Waals surface area contributed by atoms with Crippen molar-refractivity contribution >= 4 is 17.6 Å². The fourth-order valence-corrected chi connectivity index (χ4v) is 1.75. The fourth-order valence-electron chi connectivity index (χ4n) is 1.75. The molecule has 0 atom stereocenters. The molecule has 110 valence electrons. The molecule has 1 heterocycles. The second kappa shape index (κ2) is 7.28. The van der Waals surface area contributed by atoms with E-state index in [2.05, 4.69) is 5.32 Å². The zero-order valence-electron chi connectivity index (χ0n) is 11.8. The Bertz CT molecular complexity index is 604. The van der Waals surface area contributed by atoms with Crippen LogP contribution in [-0.4, -0.2) is 18.5 Å². The van der Waals surface area contributed by atoms with Gasteiger partial charge in [-0.2, -0.15) is 0 Å². The first-order valence-corrected chi connectivity index (χ1v) is 6.83. The van der Waals surface area contributed by atoms with Crippen molar-refractivity contribution < 1.29 is 18.7 Å². The van der Waals surface area contributed by atoms with Crippen LogP contribution in [0.5, 0.6) is 0 Å². The SMILES string of the molecule is CCCCOC(=O)c1ccccc1NC(=O)c1ccco1. The van der Waals surface area contributed by atoms with E-state index in [1.807, 2.05) is 6.92 Å². The molecule has 0 aliphatic heterocycles. The number of hydrogen-bond acceptors (Lipinski definition) is 4. The molecule has 0 bridgehead atoms. The molecule has 0 saturated heterocycles. The molecule has 1 aromatic heterocycles. The molecule has 0 radical (unpaired) electrons. The van der Waals surface area contributed by atoms with Gasteiger partial charge in [-0.3, -0.25) is 4.79 Å². The molecular formula is C16H17NO4. The largest absolute Gasteiger partial charge is 0.462 e. The monoisotopic (exact) mass is 287 g/mol. The number of benzene rings is 1. The van der Waals surface area contributed by atoms with E-state index in [0.29, 0.717) is 17.9 Å². The predicted molar refractivity (Wildman–Crippen MR) is 78.3 cm³/mol. The lowest BCUT2D eigenvalue weighted by atomic mass is 10.1. The van der Waals surface area contributed by atoms with Crippen molar-refractivity contribution in [1.29, 1.82) is 0 Å². The van der Waals surface area contributed by atoms with Crippen molar-refractivity contribution in [2.75, 3.05) is 11.9 Å². The van der Waals surface area contributed by atoms with Crippen molar-refractivity contribution in [3.05, 3.63) is 54.0 Å². The van der Waals surface area contributed by atoms with Crippen LogP contribution < -0.4 is 5.32 Å². The first kappa shape index (κ1) is 14.8. The molecule has 2 rings (SSSR count). The molecule has 0 aliphatic carbocycles. The summed E-state index contributed by atoms with van der Waals surface area (Å²) in [5.41, 5.74) is 0.730. The number of carbonyl (C=O) groups is 2. The summed E-state index contributed by atoms with van der Waals surface area (Å²) in [7, 11) is 0. The first-order chi connectivity index (χ1) is 10.2. The number of ether oxygens (including phenoxy) is 1. The van der Waals surface area contributed by atoms with Crippen LogP contribution >= 0.6 is 0 Å². The summed E-state index contributed by atoms with van der Waals surface area (Å²) in [4.78, 5) is 24.0. The summed E-state index contributed by atoms with van der Waals surface area (Å²) in [6, 6.07) is 9.90. The number of carbonyl (C=O) groups excluding carboxylic acids is 2. The molecule has 0 unspecified atom stereocenters. The Morgan fingerprint density at radius 2 is 2.00 bits per heavy atom. The summed E-state index contributed by atoms with van der Waals surface area (Å²) in [5.74, 6) is -0.670. The van der Waals surface area contributed by atoms with E-state index in [4.69, 9.17) is 9.15 Å². The van der Waals surface area contributed by atoms with Crippen LogP contribution in [0.4, 0.5) is 5.69 Å². The highest BCUT2D eigenvalue weighted by atomic mass is 16.5. The average molecular weight is 287 g/mol. The maximum Gasteiger partial charge on any atom is 0.340 e. The van der Waals surface area contributed by atoms with Crippen LogP contribution in [0.3, 0.4) is 0 Å². The van der Waals surface area contributed by atoms with Gasteiger partial charge in [0.05, 0.1) is 24.1 Å². The Kier molecular flexibility index (Phi) is 5.15. The number of para-hydroxylation sites is 1. The normalized spacial score (nSPS) is 10.1. The van der Waals surface area contributed by atoms with E-state index in [9.17, 15) is 9.59 Å². The van der Waals surface area contributed by atoms with Gasteiger partial charge in [0.25, 0.3) is 5.91 Å². The Labute approximate surface area is 122 Å². The summed E-state index contributed by atoms with van der Waals surface area (Å²) in [6.07, 6.45) is 3.18. The molecule has 0 saturated carbocycles. The number of esters is 1. The highest BCUT2D eigenvalue weighted by Crippen LogP contribution is 2.17. The Balaban J connectivity index is 2.09. The molecule has 2 aromatic rings. The van der Waals surface area contributed by atoms with E-state index in [-0.39, 0.29) is 5.76 Å². The van der Waals surface area contributed by atoms with Gasteiger partial charge in [0.2, 0.25) is 0 Å². The number of rotatable bonds is 6. The Hall–Kier alpha value is -2.56. The molecule has 0 spiro atoms. The number of anilines is 1. The topological polar surface area (TPSA) is 68.5 Å². The highest BCUT2D eigenvalue weighted by Gasteiger charge is 2.16. The van der Waals surface area contributed by atoms with Gasteiger partial charge in [-0.05, 0) is 30.7 Å². The van der Waals surface area contributed by atoms with Crippen LogP contribution in [0.25, 0.3) is 0 Å². The van der Waals surface area contributed by atoms with Crippen LogP contribution in [0.2, 0.25) is 0 Å². The van der Waals surface area contributed by atoms with E-state index in [1.165, 1.54) is 6.26 Å². The van der Waals surface area contributed by atoms with Gasteiger partial charge in [-0.15, -0.1) is 0 Å². The standard InChI is InChI=1S/C16H17NO4/c1-2-3-10-21-16(19)12-7-4-5-8-13(12)17-15(18)14-9-6-11-20-14/h4-9,11H,2-3,10H2,1H3,(H,17,18). The van der Waals surface area contributed by atoms with Crippen LogP contribution in [-0.2, 0) is 4.74 Å². The third-order valence-corrected chi connectivity index (χ3v) is 2.87. The molecular weight excluding hydrogens is 270 g/mol. The van der Waals surface area contributed by atoms with Gasteiger partial charge in [-0.1, -0.05) is 25.5 Å². The van der Waals surface area contributed by atoms with Gasteiger partial charge in [0.1, 0.15) is 0 Å². The minimum absolute atomic E-state index is 0.184. The molecule has 0 aliphatic rings. The van der Waals surface area contributed by atoms with E-state index < -0.39 is 11.9 Å². The number of furan rings is 1. The average Bonchev–Trinajstić information content (AvgIpc) is 3.02. The van der Waals surface area contributed by atoms with Crippen molar-refractivity contribution in [2.45, 2.75) is 19.8 Å². The van der Waals surface area contributed by atoms with Crippen molar-refractivity contribution in [3.63, 3.8) is 0 Å². The van der Waals surface area contributed by atoms with Gasteiger partial charge < -0.3 is 14.5 Å². The van der Waals surface area contributed by atoms with Crippen LogP contribution in [0.15, 0.2) is 47.1 Å². The lowest BCUT2D eigenvalue weighted by Gasteiger charge is -2.10. The molecule has 5 heteroatoms. The number of unbranched alkanes of at least 4 members (excludes halogenated alkanes) is 1. The van der Waals surface area contributed by atoms with Crippen LogP contribution in [0, 0.1) is 0 Å². The third kappa shape index (κ3) is 3.95. The van der Waals surface area contributed by atoms with Crippen molar-refractivity contribution in [3.8, 4) is 0 Å². The van der Waals surface area contributed by atoms with Gasteiger partial charge in [0.15, 0.2) is 5.76 Å². The lowest BCUT2D eigenvalue weighted by molar-refractivity contribution is 0.0501. The maximum atomic E-state index is 12.0. The van der Waals surface area contributed by atoms with Gasteiger partial charge in [-0.25, -0.2) is 4.79 Å². The smallest absolute Gasteiger partial charge is 0.340 e. The number of hydrogen-bond donors (Lipinski definition) is 1. The Morgan fingerprint density at radius 3 is 2.71 bits per heavy atom. The molecule has 1 aromatic carbocycles. The summed E-state index contributed by atoms with van der Waals surface area (Å²) in [6.45, 7) is 2.39. The summed E-state index contributed by atoms with van der Waals surface area (Å²) < 4.78 is 10.2. The molecule has 0 fully saturated rings. The second-order valence-electron chi connectivity index (χ2n) is 4.47. The second-order valence-corrected chi connectivity index (χ2v) is 4.47. The van der Waals surface area contributed by atoms with E-state index in [0.717, 1.165) is 12.8 Å². The summed E-state index contributed by atoms with van der Waals surface area (Å²) >= 11 is 0.